The van der Waals surface area contributed by atoms with Crippen LogP contribution in [-0.4, -0.2) is 26.2 Å². The number of aliphatic hydroxyl groups is 1. The number of aliphatic hydroxyl groups excluding tert-OH is 1. The van der Waals surface area contributed by atoms with Crippen molar-refractivity contribution in [2.75, 3.05) is 6.61 Å². The fourth-order valence-electron chi connectivity index (χ4n) is 3.69. The second-order valence-electron chi connectivity index (χ2n) is 7.26. The van der Waals surface area contributed by atoms with Gasteiger partial charge in [-0.25, -0.2) is 13.1 Å². The van der Waals surface area contributed by atoms with Crippen LogP contribution in [0.2, 0.25) is 0 Å². The van der Waals surface area contributed by atoms with Gasteiger partial charge >= 0.3 is 0 Å². The summed E-state index contributed by atoms with van der Waals surface area (Å²) < 4.78 is 34.2. The van der Waals surface area contributed by atoms with Crippen LogP contribution in [0.15, 0.2) is 47.4 Å². The molecule has 1 atom stereocenters. The standard InChI is InChI=1S/C20H23NO4S/c1-13-2-5-18(6-3-13)26(23,24)21-20(16-11-17(22)12-16)15-4-7-19-14(10-15)8-9-25-19/h2-7,10,16-17,20-22H,8-9,11-12H2,1H3/t16?,17?,20-/m1/s1. The van der Waals surface area contributed by atoms with Gasteiger partial charge in [-0.1, -0.05) is 29.8 Å². The summed E-state index contributed by atoms with van der Waals surface area (Å²) in [5.74, 6) is 0.966. The molecule has 0 amide bonds. The second kappa shape index (κ2) is 6.68. The molecule has 4 rings (SSSR count). The molecule has 0 saturated heterocycles. The van der Waals surface area contributed by atoms with E-state index < -0.39 is 10.0 Å². The predicted molar refractivity (Wildman–Crippen MR) is 98.6 cm³/mol. The van der Waals surface area contributed by atoms with Gasteiger partial charge in [0.1, 0.15) is 5.75 Å². The number of hydrogen-bond acceptors (Lipinski definition) is 4. The van der Waals surface area contributed by atoms with Gasteiger partial charge in [-0.3, -0.25) is 0 Å². The van der Waals surface area contributed by atoms with E-state index in [1.165, 1.54) is 0 Å². The Morgan fingerprint density at radius 3 is 2.58 bits per heavy atom. The SMILES string of the molecule is Cc1ccc(S(=O)(=O)N[C@H](c2ccc3c(c2)CCO3)C2CC(O)C2)cc1. The molecule has 2 aliphatic rings. The van der Waals surface area contributed by atoms with E-state index in [9.17, 15) is 13.5 Å². The quantitative estimate of drug-likeness (QED) is 0.845. The number of rotatable bonds is 5. The molecule has 0 radical (unpaired) electrons. The highest BCUT2D eigenvalue weighted by atomic mass is 32.2. The molecule has 0 spiro atoms. The van der Waals surface area contributed by atoms with Gasteiger partial charge in [0.25, 0.3) is 0 Å². The largest absolute Gasteiger partial charge is 0.493 e. The zero-order valence-corrected chi connectivity index (χ0v) is 15.5. The second-order valence-corrected chi connectivity index (χ2v) is 8.98. The number of hydrogen-bond donors (Lipinski definition) is 2. The maximum atomic E-state index is 12.9. The summed E-state index contributed by atoms with van der Waals surface area (Å²) in [5.41, 5.74) is 3.06. The van der Waals surface area contributed by atoms with Gasteiger partial charge in [-0.2, -0.15) is 0 Å². The van der Waals surface area contributed by atoms with Crippen LogP contribution in [0, 0.1) is 12.8 Å². The molecule has 1 aliphatic heterocycles. The molecular weight excluding hydrogens is 350 g/mol. The molecule has 5 nitrogen and oxygen atoms in total. The first-order valence-corrected chi connectivity index (χ1v) is 10.4. The normalized spacial score (nSPS) is 23.0. The van der Waals surface area contributed by atoms with E-state index in [-0.39, 0.29) is 23.0 Å². The molecule has 2 N–H and O–H groups in total. The van der Waals surface area contributed by atoms with Crippen molar-refractivity contribution in [2.45, 2.75) is 43.2 Å². The van der Waals surface area contributed by atoms with Crippen molar-refractivity contribution in [3.05, 3.63) is 59.2 Å². The number of aryl methyl sites for hydroxylation is 1. The molecule has 26 heavy (non-hydrogen) atoms. The minimum absolute atomic E-state index is 0.0885. The Kier molecular flexibility index (Phi) is 4.50. The van der Waals surface area contributed by atoms with Gasteiger partial charge in [-0.15, -0.1) is 0 Å². The Balaban J connectivity index is 1.64. The van der Waals surface area contributed by atoms with Gasteiger partial charge < -0.3 is 9.84 Å². The number of nitrogens with one attached hydrogen (secondary N) is 1. The number of fused-ring (bicyclic) bond motifs is 1. The molecule has 2 aromatic carbocycles. The highest BCUT2D eigenvalue weighted by Gasteiger charge is 2.37. The van der Waals surface area contributed by atoms with Crippen molar-refractivity contribution in [1.82, 2.24) is 4.72 Å². The maximum Gasteiger partial charge on any atom is 0.241 e. The fraction of sp³-hybridized carbons (Fsp3) is 0.400. The number of sulfonamides is 1. The minimum Gasteiger partial charge on any atom is -0.493 e. The third-order valence-corrected chi connectivity index (χ3v) is 6.76. The van der Waals surface area contributed by atoms with E-state index in [0.29, 0.717) is 19.4 Å². The molecule has 0 bridgehead atoms. The zero-order chi connectivity index (χ0) is 18.3. The van der Waals surface area contributed by atoms with E-state index in [1.54, 1.807) is 24.3 Å². The van der Waals surface area contributed by atoms with Gasteiger partial charge in [0, 0.05) is 12.5 Å². The summed E-state index contributed by atoms with van der Waals surface area (Å²) >= 11 is 0. The van der Waals surface area contributed by atoms with Gasteiger partial charge in [0.05, 0.1) is 17.6 Å². The first kappa shape index (κ1) is 17.5. The first-order chi connectivity index (χ1) is 12.4. The average molecular weight is 373 g/mol. The predicted octanol–water partition coefficient (Wildman–Crippen LogP) is 2.72. The summed E-state index contributed by atoms with van der Waals surface area (Å²) in [7, 11) is -3.64. The third-order valence-electron chi connectivity index (χ3n) is 5.31. The average Bonchev–Trinajstić information content (AvgIpc) is 3.05. The maximum absolute atomic E-state index is 12.9. The lowest BCUT2D eigenvalue weighted by Gasteiger charge is -2.38. The van der Waals surface area contributed by atoms with E-state index in [0.717, 1.165) is 28.9 Å². The third kappa shape index (κ3) is 3.37. The van der Waals surface area contributed by atoms with Crippen LogP contribution in [0.1, 0.15) is 35.6 Å². The molecular formula is C20H23NO4S. The number of ether oxygens (including phenoxy) is 1. The highest BCUT2D eigenvalue weighted by Crippen LogP contribution is 2.40. The van der Waals surface area contributed by atoms with Crippen LogP contribution in [0.25, 0.3) is 0 Å². The molecule has 1 aliphatic carbocycles. The summed E-state index contributed by atoms with van der Waals surface area (Å²) in [6.45, 7) is 2.59. The minimum atomic E-state index is -3.64. The smallest absolute Gasteiger partial charge is 0.241 e. The van der Waals surface area contributed by atoms with E-state index >= 15 is 0 Å². The van der Waals surface area contributed by atoms with Crippen LogP contribution in [0.4, 0.5) is 0 Å². The fourth-order valence-corrected chi connectivity index (χ4v) is 4.98. The van der Waals surface area contributed by atoms with Crippen LogP contribution in [0.5, 0.6) is 5.75 Å². The van der Waals surface area contributed by atoms with Crippen LogP contribution < -0.4 is 9.46 Å². The van der Waals surface area contributed by atoms with Gasteiger partial charge in [0.15, 0.2) is 0 Å². The molecule has 138 valence electrons. The summed E-state index contributed by atoms with van der Waals surface area (Å²) in [6.07, 6.45) is 1.71. The Labute approximate surface area is 154 Å². The lowest BCUT2D eigenvalue weighted by molar-refractivity contribution is 0.0280. The first-order valence-electron chi connectivity index (χ1n) is 8.95. The van der Waals surface area contributed by atoms with Gasteiger partial charge in [0.2, 0.25) is 10.0 Å². The van der Waals surface area contributed by atoms with Crippen molar-refractivity contribution < 1.29 is 18.3 Å². The molecule has 2 aromatic rings. The summed E-state index contributed by atoms with van der Waals surface area (Å²) in [4.78, 5) is 0.262. The Hall–Kier alpha value is -1.89. The lowest BCUT2D eigenvalue weighted by atomic mass is 9.75. The molecule has 1 fully saturated rings. The van der Waals surface area contributed by atoms with E-state index in [4.69, 9.17) is 4.74 Å². The Morgan fingerprint density at radius 2 is 1.88 bits per heavy atom. The molecule has 1 saturated carbocycles. The Morgan fingerprint density at radius 1 is 1.15 bits per heavy atom. The molecule has 0 aromatic heterocycles. The molecule has 0 unspecified atom stereocenters. The van der Waals surface area contributed by atoms with Crippen LogP contribution in [0.3, 0.4) is 0 Å². The van der Waals surface area contributed by atoms with E-state index in [1.807, 2.05) is 25.1 Å². The topological polar surface area (TPSA) is 75.6 Å². The van der Waals surface area contributed by atoms with Gasteiger partial charge in [-0.05, 0) is 55.0 Å². The number of benzene rings is 2. The Bertz CT molecular complexity index is 902. The van der Waals surface area contributed by atoms with Crippen molar-refractivity contribution in [3.63, 3.8) is 0 Å². The van der Waals surface area contributed by atoms with Crippen molar-refractivity contribution >= 4 is 10.0 Å². The van der Waals surface area contributed by atoms with Crippen LogP contribution >= 0.6 is 0 Å². The van der Waals surface area contributed by atoms with Crippen molar-refractivity contribution in [1.29, 1.82) is 0 Å². The van der Waals surface area contributed by atoms with Crippen molar-refractivity contribution in [3.8, 4) is 5.75 Å². The zero-order valence-electron chi connectivity index (χ0n) is 14.7. The summed E-state index contributed by atoms with van der Waals surface area (Å²) in [5, 5.41) is 9.72. The molecule has 1 heterocycles. The summed E-state index contributed by atoms with van der Waals surface area (Å²) in [6, 6.07) is 12.4. The molecule has 6 heteroatoms. The highest BCUT2D eigenvalue weighted by molar-refractivity contribution is 7.89. The monoisotopic (exact) mass is 373 g/mol. The van der Waals surface area contributed by atoms with E-state index in [2.05, 4.69) is 4.72 Å². The lowest BCUT2D eigenvalue weighted by Crippen LogP contribution is -2.41. The van der Waals surface area contributed by atoms with Crippen LogP contribution in [-0.2, 0) is 16.4 Å². The van der Waals surface area contributed by atoms with Crippen molar-refractivity contribution in [2.24, 2.45) is 5.92 Å².